The number of halogens is 4. The van der Waals surface area contributed by atoms with Gasteiger partial charge in [-0.2, -0.15) is 13.2 Å². The van der Waals surface area contributed by atoms with Crippen LogP contribution in [0, 0.1) is 12.8 Å². The van der Waals surface area contributed by atoms with Gasteiger partial charge in [-0.25, -0.2) is 0 Å². The highest BCUT2D eigenvalue weighted by Gasteiger charge is 2.34. The molecule has 0 bridgehead atoms. The highest BCUT2D eigenvalue weighted by molar-refractivity contribution is 6.30. The summed E-state index contributed by atoms with van der Waals surface area (Å²) in [4.78, 5) is 24.2. The second kappa shape index (κ2) is 10.4. The lowest BCUT2D eigenvalue weighted by Crippen LogP contribution is -2.48. The van der Waals surface area contributed by atoms with Gasteiger partial charge in [-0.3, -0.25) is 14.8 Å². The molecule has 184 valence electrons. The zero-order valence-electron chi connectivity index (χ0n) is 19.6. The smallest absolute Gasteiger partial charge is 0.335 e. The number of nitrogens with zero attached hydrogens (tertiary/aromatic N) is 3. The standard InChI is InChI=1S/C27H27ClF3N3O/c1-17-5-10-22(24-11-6-19(15-33-24)27(29,30)31)23(14-17)26(35)34-13-3-4-18(2)25(34)12-9-21-8-7-20(28)16-32-21/h5-8,10-11,14-16,18,25H,3-4,9,12-13H2,1-2H3/t18-,25-/m1/s1. The Morgan fingerprint density at radius 3 is 2.57 bits per heavy atom. The minimum Gasteiger partial charge on any atom is -0.335 e. The summed E-state index contributed by atoms with van der Waals surface area (Å²) in [5, 5.41) is 0.584. The zero-order valence-corrected chi connectivity index (χ0v) is 20.4. The van der Waals surface area contributed by atoms with Crippen LogP contribution in [0.25, 0.3) is 11.3 Å². The number of benzene rings is 1. The fourth-order valence-electron chi connectivity index (χ4n) is 4.73. The Balaban J connectivity index is 1.62. The van der Waals surface area contributed by atoms with E-state index in [4.69, 9.17) is 11.6 Å². The van der Waals surface area contributed by atoms with E-state index in [1.807, 2.05) is 30.0 Å². The Hall–Kier alpha value is -2.93. The number of aromatic nitrogens is 2. The first-order valence-electron chi connectivity index (χ1n) is 11.7. The van der Waals surface area contributed by atoms with Gasteiger partial charge in [0.05, 0.1) is 16.3 Å². The molecule has 35 heavy (non-hydrogen) atoms. The number of amides is 1. The van der Waals surface area contributed by atoms with E-state index in [1.165, 1.54) is 6.07 Å². The SMILES string of the molecule is Cc1ccc(-c2ccc(C(F)(F)F)cn2)c(C(=O)N2CCC[C@@H](C)[C@H]2CCc2ccc(Cl)cn2)c1. The molecule has 0 radical (unpaired) electrons. The van der Waals surface area contributed by atoms with Crippen LogP contribution in [0.4, 0.5) is 13.2 Å². The molecule has 1 aliphatic heterocycles. The number of pyridine rings is 2. The van der Waals surface area contributed by atoms with E-state index >= 15 is 0 Å². The Morgan fingerprint density at radius 2 is 1.91 bits per heavy atom. The number of alkyl halides is 3. The average molecular weight is 502 g/mol. The molecule has 0 aliphatic carbocycles. The number of hydrogen-bond donors (Lipinski definition) is 0. The molecule has 4 nitrogen and oxygen atoms in total. The molecule has 1 amide bonds. The fourth-order valence-corrected chi connectivity index (χ4v) is 4.84. The maximum Gasteiger partial charge on any atom is 0.417 e. The van der Waals surface area contributed by atoms with Gasteiger partial charge >= 0.3 is 6.18 Å². The second-order valence-electron chi connectivity index (χ2n) is 9.17. The van der Waals surface area contributed by atoms with Crippen LogP contribution in [0.15, 0.2) is 54.9 Å². The van der Waals surface area contributed by atoms with Crippen molar-refractivity contribution in [3.63, 3.8) is 0 Å². The fraction of sp³-hybridized carbons (Fsp3) is 0.370. The molecule has 1 fully saturated rings. The summed E-state index contributed by atoms with van der Waals surface area (Å²) in [7, 11) is 0. The molecule has 1 aromatic carbocycles. The van der Waals surface area contributed by atoms with Crippen molar-refractivity contribution in [1.82, 2.24) is 14.9 Å². The zero-order chi connectivity index (χ0) is 25.2. The predicted octanol–water partition coefficient (Wildman–Crippen LogP) is 7.00. The number of carbonyl (C=O) groups is 1. The van der Waals surface area contributed by atoms with Crippen molar-refractivity contribution in [1.29, 1.82) is 0 Å². The third-order valence-electron chi connectivity index (χ3n) is 6.63. The Labute approximate surface area is 208 Å². The molecule has 0 unspecified atom stereocenters. The molecular formula is C27H27ClF3N3O. The molecule has 0 spiro atoms. The molecule has 0 saturated carbocycles. The van der Waals surface area contributed by atoms with E-state index < -0.39 is 11.7 Å². The molecule has 8 heteroatoms. The predicted molar refractivity (Wildman–Crippen MR) is 130 cm³/mol. The van der Waals surface area contributed by atoms with Crippen LogP contribution >= 0.6 is 11.6 Å². The molecule has 3 aromatic rings. The summed E-state index contributed by atoms with van der Waals surface area (Å²) in [5.41, 5.74) is 2.34. The maximum atomic E-state index is 13.9. The summed E-state index contributed by atoms with van der Waals surface area (Å²) >= 11 is 5.95. The highest BCUT2D eigenvalue weighted by atomic mass is 35.5. The van der Waals surface area contributed by atoms with Gasteiger partial charge in [0.1, 0.15) is 0 Å². The van der Waals surface area contributed by atoms with Crippen LogP contribution in [0.3, 0.4) is 0 Å². The minimum atomic E-state index is -4.46. The van der Waals surface area contributed by atoms with E-state index in [-0.39, 0.29) is 11.9 Å². The van der Waals surface area contributed by atoms with Crippen molar-refractivity contribution in [2.24, 2.45) is 5.92 Å². The Kier molecular flexibility index (Phi) is 7.45. The lowest BCUT2D eigenvalue weighted by molar-refractivity contribution is -0.137. The van der Waals surface area contributed by atoms with Crippen molar-refractivity contribution in [2.75, 3.05) is 6.54 Å². The van der Waals surface area contributed by atoms with Gasteiger partial charge in [-0.05, 0) is 68.9 Å². The van der Waals surface area contributed by atoms with Crippen molar-refractivity contribution < 1.29 is 18.0 Å². The van der Waals surface area contributed by atoms with Gasteiger partial charge < -0.3 is 4.90 Å². The number of likely N-dealkylation sites (tertiary alicyclic amines) is 1. The number of carbonyl (C=O) groups excluding carboxylic acids is 1. The van der Waals surface area contributed by atoms with Crippen LogP contribution in [-0.4, -0.2) is 33.4 Å². The molecule has 1 saturated heterocycles. The van der Waals surface area contributed by atoms with Gasteiger partial charge in [0.15, 0.2) is 0 Å². The number of aryl methyl sites for hydroxylation is 2. The average Bonchev–Trinajstić information content (AvgIpc) is 2.83. The number of hydrogen-bond acceptors (Lipinski definition) is 3. The lowest BCUT2D eigenvalue weighted by atomic mass is 9.86. The first kappa shape index (κ1) is 25.2. The van der Waals surface area contributed by atoms with Crippen LogP contribution in [0.2, 0.25) is 5.02 Å². The molecule has 4 rings (SSSR count). The van der Waals surface area contributed by atoms with Crippen molar-refractivity contribution in [3.8, 4) is 11.3 Å². The summed E-state index contributed by atoms with van der Waals surface area (Å²) < 4.78 is 39.0. The summed E-state index contributed by atoms with van der Waals surface area (Å²) in [5.74, 6) is 0.198. The molecule has 2 atom stereocenters. The normalized spacial score (nSPS) is 18.5. The number of piperidine rings is 1. The lowest BCUT2D eigenvalue weighted by Gasteiger charge is -2.40. The second-order valence-corrected chi connectivity index (χ2v) is 9.61. The van der Waals surface area contributed by atoms with Crippen molar-refractivity contribution in [2.45, 2.75) is 51.7 Å². The third kappa shape index (κ3) is 5.84. The topological polar surface area (TPSA) is 46.1 Å². The Bertz CT molecular complexity index is 1180. The van der Waals surface area contributed by atoms with Gasteiger partial charge in [-0.1, -0.05) is 36.2 Å². The van der Waals surface area contributed by atoms with E-state index in [2.05, 4.69) is 16.9 Å². The molecule has 0 N–H and O–H groups in total. The van der Waals surface area contributed by atoms with E-state index in [0.717, 1.165) is 49.2 Å². The van der Waals surface area contributed by atoms with Crippen LogP contribution in [0.1, 0.15) is 53.4 Å². The van der Waals surface area contributed by atoms with Crippen LogP contribution < -0.4 is 0 Å². The Morgan fingerprint density at radius 1 is 1.11 bits per heavy atom. The third-order valence-corrected chi connectivity index (χ3v) is 6.86. The maximum absolute atomic E-state index is 13.9. The molecular weight excluding hydrogens is 475 g/mol. The minimum absolute atomic E-state index is 0.0302. The van der Waals surface area contributed by atoms with E-state index in [1.54, 1.807) is 18.3 Å². The molecule has 2 aromatic heterocycles. The largest absolute Gasteiger partial charge is 0.417 e. The quantitative estimate of drug-likeness (QED) is 0.378. The summed E-state index contributed by atoms with van der Waals surface area (Å²) in [6, 6.07) is 11.5. The van der Waals surface area contributed by atoms with Gasteiger partial charge in [0, 0.05) is 41.8 Å². The first-order chi connectivity index (χ1) is 16.6. The van der Waals surface area contributed by atoms with E-state index in [0.29, 0.717) is 34.3 Å². The highest BCUT2D eigenvalue weighted by Crippen LogP contribution is 2.33. The monoisotopic (exact) mass is 501 g/mol. The van der Waals surface area contributed by atoms with Crippen molar-refractivity contribution in [3.05, 3.63) is 82.3 Å². The van der Waals surface area contributed by atoms with Gasteiger partial charge in [-0.15, -0.1) is 0 Å². The summed E-state index contributed by atoms with van der Waals surface area (Å²) in [6.45, 7) is 4.69. The number of rotatable bonds is 5. The first-order valence-corrected chi connectivity index (χ1v) is 12.1. The van der Waals surface area contributed by atoms with Gasteiger partial charge in [0.25, 0.3) is 5.91 Å². The molecule has 1 aliphatic rings. The van der Waals surface area contributed by atoms with E-state index in [9.17, 15) is 18.0 Å². The van der Waals surface area contributed by atoms with Crippen molar-refractivity contribution >= 4 is 17.5 Å². The summed E-state index contributed by atoms with van der Waals surface area (Å²) in [6.07, 6.45) is 1.40. The van der Waals surface area contributed by atoms with Crippen LogP contribution in [0.5, 0.6) is 0 Å². The molecule has 3 heterocycles. The van der Waals surface area contributed by atoms with Crippen LogP contribution in [-0.2, 0) is 12.6 Å². The van der Waals surface area contributed by atoms with Gasteiger partial charge in [0.2, 0.25) is 0 Å².